The first-order chi connectivity index (χ1) is 10.8. The molecule has 2 nitrogen and oxygen atoms in total. The maximum Gasteiger partial charge on any atom is 0.0707 e. The zero-order valence-electron chi connectivity index (χ0n) is 16.5. The lowest BCUT2D eigenvalue weighted by molar-refractivity contribution is -0.108. The van der Waals surface area contributed by atoms with Crippen molar-refractivity contribution in [1.29, 1.82) is 0 Å². The van der Waals surface area contributed by atoms with Crippen LogP contribution < -0.4 is 0 Å². The van der Waals surface area contributed by atoms with Crippen molar-refractivity contribution in [2.45, 2.75) is 92.1 Å². The van der Waals surface area contributed by atoms with Crippen LogP contribution in [-0.4, -0.2) is 31.3 Å². The third-order valence-electron chi connectivity index (χ3n) is 4.65. The van der Waals surface area contributed by atoms with Gasteiger partial charge in [-0.05, 0) is 31.6 Å². The first kappa shape index (κ1) is 23.2. The van der Waals surface area contributed by atoms with E-state index in [2.05, 4.69) is 41.5 Å². The molecule has 0 fully saturated rings. The fraction of sp³-hybridized carbons (Fsp3) is 1.00. The van der Waals surface area contributed by atoms with Crippen molar-refractivity contribution < 1.29 is 9.47 Å². The minimum Gasteiger partial charge on any atom is -0.378 e. The Labute approximate surface area is 150 Å². The summed E-state index contributed by atoms with van der Waals surface area (Å²) >= 11 is 5.62. The highest BCUT2D eigenvalue weighted by Gasteiger charge is 2.38. The third kappa shape index (κ3) is 11.4. The molecule has 1 atom stereocenters. The predicted molar refractivity (Wildman–Crippen MR) is 103 cm³/mol. The van der Waals surface area contributed by atoms with Crippen LogP contribution in [-0.2, 0) is 9.47 Å². The summed E-state index contributed by atoms with van der Waals surface area (Å²) in [4.78, 5) is 0. The quantitative estimate of drug-likeness (QED) is 0.265. The summed E-state index contributed by atoms with van der Waals surface area (Å²) in [5.74, 6) is 1.10. The largest absolute Gasteiger partial charge is 0.378 e. The van der Waals surface area contributed by atoms with Crippen LogP contribution in [0.4, 0.5) is 0 Å². The van der Waals surface area contributed by atoms with Crippen LogP contribution in [0.25, 0.3) is 0 Å². The van der Waals surface area contributed by atoms with Crippen LogP contribution in [0.1, 0.15) is 86.5 Å². The van der Waals surface area contributed by atoms with Gasteiger partial charge in [0.15, 0.2) is 0 Å². The van der Waals surface area contributed by atoms with Crippen LogP contribution >= 0.6 is 11.6 Å². The number of ether oxygens (including phenoxy) is 2. The van der Waals surface area contributed by atoms with Crippen LogP contribution in [0.5, 0.6) is 0 Å². The van der Waals surface area contributed by atoms with E-state index in [-0.39, 0.29) is 11.0 Å². The van der Waals surface area contributed by atoms with Gasteiger partial charge in [0, 0.05) is 5.88 Å². The Morgan fingerprint density at radius 1 is 0.826 bits per heavy atom. The summed E-state index contributed by atoms with van der Waals surface area (Å²) in [5.41, 5.74) is 0.135. The van der Waals surface area contributed by atoms with Gasteiger partial charge in [0.1, 0.15) is 0 Å². The van der Waals surface area contributed by atoms with Crippen molar-refractivity contribution in [3.63, 3.8) is 0 Å². The Morgan fingerprint density at radius 2 is 1.43 bits per heavy atom. The Balaban J connectivity index is 4.28. The zero-order chi connectivity index (χ0) is 17.8. The minimum absolute atomic E-state index is 0.119. The Bertz CT molecular complexity index is 271. The van der Waals surface area contributed by atoms with E-state index < -0.39 is 0 Å². The molecule has 3 heteroatoms. The average molecular weight is 349 g/mol. The molecule has 0 aromatic carbocycles. The molecule has 23 heavy (non-hydrogen) atoms. The zero-order valence-corrected chi connectivity index (χ0v) is 17.3. The lowest BCUT2D eigenvalue weighted by atomic mass is 9.69. The molecule has 0 saturated carbocycles. The summed E-state index contributed by atoms with van der Waals surface area (Å²) in [5, 5.41) is 0. The van der Waals surface area contributed by atoms with E-state index in [1.165, 1.54) is 44.9 Å². The Morgan fingerprint density at radius 3 is 2.00 bits per heavy atom. The van der Waals surface area contributed by atoms with E-state index in [1.54, 1.807) is 0 Å². The summed E-state index contributed by atoms with van der Waals surface area (Å²) in [6.07, 6.45) is 9.34. The van der Waals surface area contributed by atoms with Gasteiger partial charge in [-0.15, -0.1) is 11.6 Å². The van der Waals surface area contributed by atoms with E-state index >= 15 is 0 Å². The molecule has 0 saturated heterocycles. The number of hydrogen-bond donors (Lipinski definition) is 0. The molecular weight excluding hydrogens is 308 g/mol. The lowest BCUT2D eigenvalue weighted by Crippen LogP contribution is -2.42. The fourth-order valence-electron chi connectivity index (χ4n) is 3.57. The van der Waals surface area contributed by atoms with Crippen molar-refractivity contribution in [1.82, 2.24) is 0 Å². The summed E-state index contributed by atoms with van der Waals surface area (Å²) in [6, 6.07) is 0. The fourth-order valence-corrected chi connectivity index (χ4v) is 3.68. The third-order valence-corrected chi connectivity index (χ3v) is 4.81. The van der Waals surface area contributed by atoms with Gasteiger partial charge in [-0.3, -0.25) is 0 Å². The molecule has 0 aliphatic heterocycles. The molecule has 1 unspecified atom stereocenters. The van der Waals surface area contributed by atoms with Gasteiger partial charge in [0.25, 0.3) is 0 Å². The standard InChI is InChI=1S/C20H41ClO2/c1-7-8-9-10-11-12-13-18(19(2,3)4)20(5,6)23-17-16-22-15-14-21/h18H,7-17H2,1-6H3. The summed E-state index contributed by atoms with van der Waals surface area (Å²) in [6.45, 7) is 15.6. The van der Waals surface area contributed by atoms with Crippen molar-refractivity contribution in [3.8, 4) is 0 Å². The van der Waals surface area contributed by atoms with Crippen molar-refractivity contribution in [3.05, 3.63) is 0 Å². The highest BCUT2D eigenvalue weighted by Crippen LogP contribution is 2.40. The molecular formula is C20H41ClO2. The Kier molecular flexibility index (Phi) is 12.7. The second-order valence-corrected chi connectivity index (χ2v) is 8.61. The number of halogens is 1. The van der Waals surface area contributed by atoms with Gasteiger partial charge in [-0.1, -0.05) is 66.2 Å². The van der Waals surface area contributed by atoms with E-state index in [4.69, 9.17) is 21.1 Å². The smallest absolute Gasteiger partial charge is 0.0707 e. The second kappa shape index (κ2) is 12.6. The van der Waals surface area contributed by atoms with Crippen molar-refractivity contribution in [2.24, 2.45) is 11.3 Å². The van der Waals surface area contributed by atoms with E-state index in [1.807, 2.05) is 0 Å². The predicted octanol–water partition coefficient (Wildman–Crippen LogP) is 6.45. The van der Waals surface area contributed by atoms with Gasteiger partial charge in [0.05, 0.1) is 25.4 Å². The first-order valence-electron chi connectivity index (χ1n) is 9.53. The monoisotopic (exact) mass is 348 g/mol. The van der Waals surface area contributed by atoms with Gasteiger partial charge in [-0.25, -0.2) is 0 Å². The maximum absolute atomic E-state index is 6.19. The Hall–Kier alpha value is 0.210. The molecule has 0 spiro atoms. The van der Waals surface area contributed by atoms with Crippen LogP contribution in [0.3, 0.4) is 0 Å². The molecule has 0 N–H and O–H groups in total. The highest BCUT2D eigenvalue weighted by molar-refractivity contribution is 6.17. The van der Waals surface area contributed by atoms with E-state index in [0.29, 0.717) is 31.6 Å². The van der Waals surface area contributed by atoms with Gasteiger partial charge >= 0.3 is 0 Å². The second-order valence-electron chi connectivity index (χ2n) is 8.23. The molecule has 140 valence electrons. The first-order valence-corrected chi connectivity index (χ1v) is 10.1. The SMILES string of the molecule is CCCCCCCCC(C(C)(C)C)C(C)(C)OCCOCCCl. The van der Waals surface area contributed by atoms with Crippen LogP contribution in [0.2, 0.25) is 0 Å². The van der Waals surface area contributed by atoms with Crippen LogP contribution in [0, 0.1) is 11.3 Å². The molecule has 0 radical (unpaired) electrons. The van der Waals surface area contributed by atoms with Gasteiger partial charge in [0.2, 0.25) is 0 Å². The van der Waals surface area contributed by atoms with E-state index in [9.17, 15) is 0 Å². The number of unbranched alkanes of at least 4 members (excludes halogenated alkanes) is 5. The molecule has 0 heterocycles. The van der Waals surface area contributed by atoms with Gasteiger partial charge in [-0.2, -0.15) is 0 Å². The molecule has 0 amide bonds. The van der Waals surface area contributed by atoms with Crippen molar-refractivity contribution in [2.75, 3.05) is 25.7 Å². The number of rotatable bonds is 14. The molecule has 0 aliphatic carbocycles. The van der Waals surface area contributed by atoms with E-state index in [0.717, 1.165) is 0 Å². The normalized spacial score (nSPS) is 14.2. The minimum atomic E-state index is -0.119. The molecule has 0 aromatic rings. The topological polar surface area (TPSA) is 18.5 Å². The number of hydrogen-bond acceptors (Lipinski definition) is 2. The van der Waals surface area contributed by atoms with Gasteiger partial charge < -0.3 is 9.47 Å². The highest BCUT2D eigenvalue weighted by atomic mass is 35.5. The summed E-state index contributed by atoms with van der Waals surface area (Å²) < 4.78 is 11.6. The van der Waals surface area contributed by atoms with Crippen molar-refractivity contribution >= 4 is 11.6 Å². The lowest BCUT2D eigenvalue weighted by Gasteiger charge is -2.43. The maximum atomic E-state index is 6.19. The molecule has 0 bridgehead atoms. The molecule has 0 aliphatic rings. The summed E-state index contributed by atoms with van der Waals surface area (Å²) in [7, 11) is 0. The number of alkyl halides is 1. The molecule has 0 rings (SSSR count). The molecule has 0 aromatic heterocycles. The van der Waals surface area contributed by atoms with Crippen LogP contribution in [0.15, 0.2) is 0 Å². The average Bonchev–Trinajstić information content (AvgIpc) is 2.44.